The fraction of sp³-hybridized carbons (Fsp3) is 0.258. The molecule has 2 aromatic heterocycles. The van der Waals surface area contributed by atoms with Gasteiger partial charge in [0.05, 0.1) is 78.5 Å². The number of hydrogen-bond acceptors (Lipinski definition) is 22. The smallest absolute Gasteiger partial charge is 0.260 e. The van der Waals surface area contributed by atoms with Gasteiger partial charge in [-0.15, -0.1) is 0 Å². The zero-order valence-electron chi connectivity index (χ0n) is 45.3. The number of aliphatic hydroxyl groups excluding tert-OH is 8. The van der Waals surface area contributed by atoms with Gasteiger partial charge in [-0.25, -0.2) is 0 Å². The van der Waals surface area contributed by atoms with Crippen molar-refractivity contribution >= 4 is 59.1 Å². The van der Waals surface area contributed by atoms with E-state index in [0.29, 0.717) is 16.6 Å². The molecule has 12 rings (SSSR count). The number of ether oxygens (including phenoxy) is 2. The molecule has 0 saturated carbocycles. The summed E-state index contributed by atoms with van der Waals surface area (Å²) in [6.07, 6.45) is 0.0602. The molecule has 2 aromatic carbocycles. The van der Waals surface area contributed by atoms with Crippen molar-refractivity contribution in [1.82, 2.24) is 9.97 Å². The van der Waals surface area contributed by atoms with E-state index in [9.17, 15) is 99.0 Å². The molecule has 24 nitrogen and oxygen atoms in total. The van der Waals surface area contributed by atoms with Gasteiger partial charge in [0.1, 0.15) is 63.7 Å². The minimum absolute atomic E-state index is 0. The van der Waals surface area contributed by atoms with Gasteiger partial charge in [-0.2, -0.15) is 0 Å². The summed E-state index contributed by atoms with van der Waals surface area (Å²) in [5, 5.41) is 103. The molecule has 2 heterocycles. The molecule has 0 amide bonds. The highest BCUT2D eigenvalue weighted by Crippen LogP contribution is 2.55. The fourth-order valence-corrected chi connectivity index (χ4v) is 12.7. The third kappa shape index (κ3) is 8.56. The van der Waals surface area contributed by atoms with Crippen LogP contribution in [0.4, 0.5) is 4.70 Å². The standard InChI is InChI=1S/C30H25NO13.C30H21NO9.2CH4.B.FH.H2/c1-8(32)20(34)26(40)21(35)11-6-10-5-9-3-4-30(19(9)25(39)14(10)29(43)31-11)27(41)17-18(28(30)42)24(38)16-15(23(17)37)12(33)7-13(44-2)22(16)36;1-3-4-5-6-14-10-13-9-12-7-8-30(22(12)26(36)17(13)29(39)31-14)27(37)20-21(28(30)38)25(35)19-18(24(20)34)15(32)11-16(40-2)23(19)33;;;;;/h5-8,20-21,26,32,34-35,39-42H,3-4H2,1-2H3,(H,31,43);3-6,9-11,36-38H,7-8H2,1-2H3,(H,31,39);2*1H4;;2*1H/b;4-3+,6-5+;;;;;/i;;;;;;1+1. The first-order valence-corrected chi connectivity index (χ1v) is 25.8. The van der Waals surface area contributed by atoms with Crippen molar-refractivity contribution < 1.29 is 66.7 Å². The molecule has 12 N–H and O–H groups in total. The summed E-state index contributed by atoms with van der Waals surface area (Å²) in [7, 11) is 2.22. The summed E-state index contributed by atoms with van der Waals surface area (Å²) in [6, 6.07) is 7.48. The average Bonchev–Trinajstić information content (AvgIpc) is 1.66. The Morgan fingerprint density at radius 2 is 0.909 bits per heavy atom. The third-order valence-electron chi connectivity index (χ3n) is 16.6. The van der Waals surface area contributed by atoms with Gasteiger partial charge in [0.25, 0.3) is 11.1 Å². The van der Waals surface area contributed by atoms with Gasteiger partial charge in [0, 0.05) is 38.8 Å². The number of rotatable bonds is 8. The minimum Gasteiger partial charge on any atom is -0.510 e. The van der Waals surface area contributed by atoms with Gasteiger partial charge in [0.15, 0.2) is 22.4 Å². The van der Waals surface area contributed by atoms with E-state index in [4.69, 9.17) is 9.47 Å². The lowest BCUT2D eigenvalue weighted by atomic mass is 9.78. The number of phenolic OH excluding ortho intramolecular Hbond substituents is 2. The van der Waals surface area contributed by atoms with Crippen molar-refractivity contribution in [2.24, 2.45) is 0 Å². The highest BCUT2D eigenvalue weighted by molar-refractivity contribution is 5.96. The average molecular weight is 1210 g/mol. The van der Waals surface area contributed by atoms with Crippen LogP contribution in [0.1, 0.15) is 82.7 Å². The first-order valence-electron chi connectivity index (χ1n) is 25.8. The largest absolute Gasteiger partial charge is 0.510 e. The molecular formula is C62H57BFN2O22. The van der Waals surface area contributed by atoms with Crippen LogP contribution in [0.2, 0.25) is 0 Å². The number of aliphatic hydroxyl groups is 8. The second-order valence-corrected chi connectivity index (χ2v) is 20.9. The summed E-state index contributed by atoms with van der Waals surface area (Å²) in [5.41, 5.74) is -13.5. The summed E-state index contributed by atoms with van der Waals surface area (Å²) in [5.74, 6) is -5.36. The Labute approximate surface area is 493 Å². The number of aromatic hydroxyl groups is 2. The quantitative estimate of drug-likeness (QED) is 0.0581. The molecule has 26 heteroatoms. The van der Waals surface area contributed by atoms with Crippen molar-refractivity contribution in [3.8, 4) is 23.0 Å². The highest BCUT2D eigenvalue weighted by Gasteiger charge is 2.55. The number of halogens is 1. The van der Waals surface area contributed by atoms with Crippen LogP contribution in [-0.4, -0.2) is 102 Å². The van der Waals surface area contributed by atoms with Crippen LogP contribution in [0, 0.1) is 20.9 Å². The van der Waals surface area contributed by atoms with Gasteiger partial charge >= 0.3 is 0 Å². The van der Waals surface area contributed by atoms with E-state index in [-0.39, 0.29) is 93.6 Å². The molecule has 0 bridgehead atoms. The van der Waals surface area contributed by atoms with Crippen molar-refractivity contribution in [2.45, 2.75) is 89.6 Å². The normalized spacial score (nSPS) is 18.4. The Kier molecular flexibility index (Phi) is 16.8. The van der Waals surface area contributed by atoms with Crippen LogP contribution in [0.3, 0.4) is 0 Å². The van der Waals surface area contributed by atoms with Gasteiger partial charge < -0.3 is 70.5 Å². The van der Waals surface area contributed by atoms with E-state index >= 15 is 0 Å². The predicted molar refractivity (Wildman–Crippen MR) is 323 cm³/mol. The van der Waals surface area contributed by atoms with Crippen LogP contribution in [0.5, 0.6) is 23.0 Å². The molecule has 3 radical (unpaired) electrons. The molecule has 4 aromatic rings. The molecule has 457 valence electrons. The minimum atomic E-state index is -2.08. The Morgan fingerprint density at radius 3 is 1.30 bits per heavy atom. The maximum Gasteiger partial charge on any atom is 0.260 e. The number of phenols is 2. The number of aryl methyl sites for hydroxylation is 2. The van der Waals surface area contributed by atoms with Crippen LogP contribution in [0.15, 0.2) is 103 Å². The van der Waals surface area contributed by atoms with E-state index < -0.39 is 178 Å². The lowest BCUT2D eigenvalue weighted by Crippen LogP contribution is -2.51. The molecule has 2 spiro atoms. The number of aromatic amines is 2. The number of aromatic nitrogens is 2. The topological polar surface area (TPSA) is 423 Å². The van der Waals surface area contributed by atoms with Crippen LogP contribution >= 0.6 is 0 Å². The summed E-state index contributed by atoms with van der Waals surface area (Å²) in [4.78, 5) is 137. The molecule has 0 fully saturated rings. The van der Waals surface area contributed by atoms with Gasteiger partial charge in [-0.1, -0.05) is 45.2 Å². The SMILES string of the molecule is C.C.C/C=C/C=C/c1cc2cc3c(c(O)c2c(=O)[nH]1)C1(CC3)C(O)=c2c(=O)c3c(=O)cc(OC)c(=O)c=3c(=O)c2=C1O.COc1cc(=O)c2c(=O)c3c(c(=O)c=2c1=O)=C(O)C1(CCc2cc4cc(C(O)C(O)C(O)C(C)O)[nH]c(=O)c4c(O)c21)C=3O.F.[2HH].[B]. The highest BCUT2D eigenvalue weighted by atomic mass is 19.0. The predicted octanol–water partition coefficient (Wildman–Crippen LogP) is -1.96. The lowest BCUT2D eigenvalue weighted by molar-refractivity contribution is -0.102. The van der Waals surface area contributed by atoms with E-state index in [1.807, 2.05) is 13.0 Å². The number of nitrogens with one attached hydrogen (secondary N) is 2. The first-order chi connectivity index (χ1) is 39.8. The molecule has 0 aliphatic heterocycles. The summed E-state index contributed by atoms with van der Waals surface area (Å²) in [6.45, 7) is 3.03. The maximum atomic E-state index is 13.6. The molecule has 8 aliphatic rings. The molecule has 8 aliphatic carbocycles. The number of pyridine rings is 2. The van der Waals surface area contributed by atoms with Crippen LogP contribution in [0.25, 0.3) is 50.7 Å². The van der Waals surface area contributed by atoms with Gasteiger partial charge in [0.2, 0.25) is 32.6 Å². The van der Waals surface area contributed by atoms with Crippen molar-refractivity contribution in [1.29, 1.82) is 0 Å². The monoisotopic (exact) mass is 1210 g/mol. The first kappa shape index (κ1) is 65.4. The second-order valence-electron chi connectivity index (χ2n) is 20.9. The Hall–Kier alpha value is -10.1. The number of methoxy groups -OCH3 is 2. The zero-order valence-corrected chi connectivity index (χ0v) is 45.3. The molecular weight excluding hydrogens is 1150 g/mol. The molecule has 0 saturated heterocycles. The number of H-pyrrole nitrogens is 2. The number of benzene rings is 2. The van der Waals surface area contributed by atoms with Crippen molar-refractivity contribution in [3.63, 3.8) is 0 Å². The zero-order chi connectivity index (χ0) is 60.8. The van der Waals surface area contributed by atoms with Gasteiger partial charge in [-0.3, -0.25) is 52.6 Å². The number of fused-ring (bicyclic) bond motifs is 8. The number of allylic oxidation sites excluding steroid dienone is 3. The van der Waals surface area contributed by atoms with E-state index in [2.05, 4.69) is 9.97 Å². The van der Waals surface area contributed by atoms with Gasteiger partial charge in [-0.05, 0) is 79.6 Å². The molecule has 88 heavy (non-hydrogen) atoms. The van der Waals surface area contributed by atoms with Crippen molar-refractivity contribution in [3.05, 3.63) is 233 Å². The number of hydrogen-bond donors (Lipinski definition) is 12. The fourth-order valence-electron chi connectivity index (χ4n) is 12.7. The Morgan fingerprint density at radius 1 is 0.523 bits per heavy atom. The Bertz CT molecular complexity index is 5460. The Balaban J connectivity index is 0.000000270. The molecule has 6 atom stereocenters. The van der Waals surface area contributed by atoms with E-state index in [1.165, 1.54) is 19.1 Å². The van der Waals surface area contributed by atoms with E-state index in [1.54, 1.807) is 30.4 Å². The lowest BCUT2D eigenvalue weighted by Gasteiger charge is -2.27. The second kappa shape index (κ2) is 22.6. The van der Waals surface area contributed by atoms with E-state index in [0.717, 1.165) is 26.4 Å². The van der Waals surface area contributed by atoms with Crippen molar-refractivity contribution in [2.75, 3.05) is 14.2 Å². The van der Waals surface area contributed by atoms with Crippen LogP contribution < -0.4 is 84.9 Å². The van der Waals surface area contributed by atoms with Crippen LogP contribution in [-0.2, 0) is 23.7 Å². The molecule has 6 unspecified atom stereocenters. The summed E-state index contributed by atoms with van der Waals surface area (Å²) < 4.78 is 9.75. The summed E-state index contributed by atoms with van der Waals surface area (Å²) >= 11 is 0. The maximum absolute atomic E-state index is 13.6. The third-order valence-corrected chi connectivity index (χ3v) is 16.6.